The van der Waals surface area contributed by atoms with Crippen molar-refractivity contribution in [2.45, 2.75) is 12.5 Å². The van der Waals surface area contributed by atoms with Crippen molar-refractivity contribution in [3.8, 4) is 11.5 Å². The second-order valence-corrected chi connectivity index (χ2v) is 6.19. The lowest BCUT2D eigenvalue weighted by Crippen LogP contribution is -2.20. The molecule has 2 N–H and O–H groups in total. The fraction of sp³-hybridized carbons (Fsp3) is 0.286. The van der Waals surface area contributed by atoms with E-state index in [1.54, 1.807) is 11.3 Å². The first-order valence-corrected chi connectivity index (χ1v) is 7.32. The van der Waals surface area contributed by atoms with Gasteiger partial charge in [0.25, 0.3) is 0 Å². The molecular formula is C14H14ClNO2S. The van der Waals surface area contributed by atoms with Crippen molar-refractivity contribution >= 4 is 22.9 Å². The van der Waals surface area contributed by atoms with Gasteiger partial charge in [-0.25, -0.2) is 0 Å². The number of halogens is 1. The Bertz CT molecular complexity index is 585. The highest BCUT2D eigenvalue weighted by Crippen LogP contribution is 2.37. The Kier molecular flexibility index (Phi) is 3.64. The van der Waals surface area contributed by atoms with Crippen LogP contribution in [-0.4, -0.2) is 13.2 Å². The third-order valence-corrected chi connectivity index (χ3v) is 4.30. The molecule has 0 saturated carbocycles. The fourth-order valence-electron chi connectivity index (χ4n) is 2.18. The maximum atomic E-state index is 6.29. The van der Waals surface area contributed by atoms with Gasteiger partial charge in [0.1, 0.15) is 13.2 Å². The van der Waals surface area contributed by atoms with E-state index in [0.717, 1.165) is 27.8 Å². The average Bonchev–Trinajstić information content (AvgIpc) is 2.83. The molecule has 3 rings (SSSR count). The van der Waals surface area contributed by atoms with Gasteiger partial charge < -0.3 is 15.2 Å². The van der Waals surface area contributed by atoms with Crippen molar-refractivity contribution in [1.29, 1.82) is 0 Å². The summed E-state index contributed by atoms with van der Waals surface area (Å²) in [4.78, 5) is 1.17. The highest BCUT2D eigenvalue weighted by atomic mass is 35.5. The predicted octanol–water partition coefficient (Wildman–Crippen LogP) is 3.42. The summed E-state index contributed by atoms with van der Waals surface area (Å²) in [6.45, 7) is 1.16. The van der Waals surface area contributed by atoms with Crippen LogP contribution in [-0.2, 0) is 6.42 Å². The number of ether oxygens (including phenoxy) is 2. The number of rotatable bonds is 3. The lowest BCUT2D eigenvalue weighted by Gasteiger charge is -2.23. The summed E-state index contributed by atoms with van der Waals surface area (Å²) >= 11 is 7.50. The molecule has 0 radical (unpaired) electrons. The molecule has 0 fully saturated rings. The molecule has 0 aliphatic carbocycles. The second kappa shape index (κ2) is 5.41. The third kappa shape index (κ3) is 2.71. The Morgan fingerprint density at radius 2 is 2.05 bits per heavy atom. The maximum Gasteiger partial charge on any atom is 0.166 e. The topological polar surface area (TPSA) is 44.5 Å². The van der Waals surface area contributed by atoms with Crippen LogP contribution < -0.4 is 15.2 Å². The zero-order chi connectivity index (χ0) is 13.2. The summed E-state index contributed by atoms with van der Waals surface area (Å²) in [5.41, 5.74) is 7.28. The van der Waals surface area contributed by atoms with E-state index in [4.69, 9.17) is 26.8 Å². The van der Waals surface area contributed by atoms with Crippen LogP contribution in [0.1, 0.15) is 16.5 Å². The average molecular weight is 296 g/mol. The first kappa shape index (κ1) is 12.8. The van der Waals surface area contributed by atoms with Gasteiger partial charge in [0, 0.05) is 22.9 Å². The molecule has 1 aliphatic rings. The van der Waals surface area contributed by atoms with Crippen molar-refractivity contribution in [1.82, 2.24) is 0 Å². The van der Waals surface area contributed by atoms with E-state index < -0.39 is 0 Å². The molecule has 1 atom stereocenters. The Balaban J connectivity index is 1.85. The summed E-state index contributed by atoms with van der Waals surface area (Å²) in [5, 5.41) is 0. The van der Waals surface area contributed by atoms with Crippen molar-refractivity contribution in [3.05, 3.63) is 45.1 Å². The number of fused-ring (bicyclic) bond motifs is 1. The summed E-state index contributed by atoms with van der Waals surface area (Å²) in [7, 11) is 0. The largest absolute Gasteiger partial charge is 0.486 e. The molecule has 0 bridgehead atoms. The molecule has 100 valence electrons. The normalized spacial score (nSPS) is 15.3. The molecule has 0 spiro atoms. The molecule has 5 heteroatoms. The lowest BCUT2D eigenvalue weighted by molar-refractivity contribution is 0.169. The maximum absolute atomic E-state index is 6.29. The second-order valence-electron chi connectivity index (χ2n) is 4.39. The van der Waals surface area contributed by atoms with Gasteiger partial charge in [-0.2, -0.15) is 0 Å². The highest BCUT2D eigenvalue weighted by molar-refractivity contribution is 7.16. The number of nitrogens with two attached hydrogens (primary N) is 1. The first-order valence-electron chi connectivity index (χ1n) is 6.12. The molecule has 0 saturated heterocycles. The fourth-order valence-corrected chi connectivity index (χ4v) is 3.32. The highest BCUT2D eigenvalue weighted by Gasteiger charge is 2.20. The van der Waals surface area contributed by atoms with Crippen LogP contribution in [0.5, 0.6) is 11.5 Å². The molecule has 1 aliphatic heterocycles. The molecule has 3 nitrogen and oxygen atoms in total. The van der Waals surface area contributed by atoms with E-state index in [-0.39, 0.29) is 6.04 Å². The Hall–Kier alpha value is -1.23. The van der Waals surface area contributed by atoms with Gasteiger partial charge in [0.2, 0.25) is 0 Å². The van der Waals surface area contributed by atoms with Crippen LogP contribution >= 0.6 is 22.9 Å². The van der Waals surface area contributed by atoms with Gasteiger partial charge in [0.05, 0.1) is 4.34 Å². The molecule has 1 aromatic heterocycles. The molecule has 2 aromatic rings. The van der Waals surface area contributed by atoms with Crippen molar-refractivity contribution in [3.63, 3.8) is 0 Å². The van der Waals surface area contributed by atoms with Crippen LogP contribution in [0.4, 0.5) is 0 Å². The molecule has 2 heterocycles. The summed E-state index contributed by atoms with van der Waals surface area (Å²) in [6, 6.07) is 9.64. The third-order valence-electron chi connectivity index (χ3n) is 3.05. The Labute approximate surface area is 120 Å². The number of para-hydroxylation sites is 1. The van der Waals surface area contributed by atoms with E-state index >= 15 is 0 Å². The first-order chi connectivity index (χ1) is 9.24. The number of benzene rings is 1. The zero-order valence-corrected chi connectivity index (χ0v) is 11.8. The summed E-state index contributed by atoms with van der Waals surface area (Å²) in [5.74, 6) is 1.56. The smallest absolute Gasteiger partial charge is 0.166 e. The van der Waals surface area contributed by atoms with E-state index in [1.165, 1.54) is 4.88 Å². The molecular weight excluding hydrogens is 282 g/mol. The number of thiophene rings is 1. The Morgan fingerprint density at radius 1 is 1.21 bits per heavy atom. The van der Waals surface area contributed by atoms with Gasteiger partial charge >= 0.3 is 0 Å². The lowest BCUT2D eigenvalue weighted by atomic mass is 10.0. The quantitative estimate of drug-likeness (QED) is 0.944. The van der Waals surface area contributed by atoms with Crippen LogP contribution in [0.3, 0.4) is 0 Å². The van der Waals surface area contributed by atoms with E-state index in [2.05, 4.69) is 0 Å². The van der Waals surface area contributed by atoms with Crippen LogP contribution in [0.2, 0.25) is 4.34 Å². The summed E-state index contributed by atoms with van der Waals surface area (Å²) in [6.07, 6.45) is 0.747. The number of hydrogen-bond acceptors (Lipinski definition) is 4. The van der Waals surface area contributed by atoms with Crippen LogP contribution in [0, 0.1) is 0 Å². The van der Waals surface area contributed by atoms with Gasteiger partial charge in [-0.3, -0.25) is 0 Å². The minimum Gasteiger partial charge on any atom is -0.486 e. The van der Waals surface area contributed by atoms with Crippen molar-refractivity contribution in [2.75, 3.05) is 13.2 Å². The van der Waals surface area contributed by atoms with Crippen molar-refractivity contribution in [2.24, 2.45) is 5.73 Å². The van der Waals surface area contributed by atoms with Crippen LogP contribution in [0.25, 0.3) is 0 Å². The predicted molar refractivity (Wildman–Crippen MR) is 77.4 cm³/mol. The van der Waals surface area contributed by atoms with E-state index in [9.17, 15) is 0 Å². The molecule has 19 heavy (non-hydrogen) atoms. The Morgan fingerprint density at radius 3 is 2.84 bits per heavy atom. The molecule has 0 amide bonds. The van der Waals surface area contributed by atoms with Gasteiger partial charge in [0.15, 0.2) is 11.5 Å². The molecule has 1 aromatic carbocycles. The standard InChI is InChI=1S/C14H14ClNO2S/c15-13-5-4-9(19-13)8-11(16)10-2-1-3-12-14(10)18-7-6-17-12/h1-5,11H,6-8,16H2. The van der Waals surface area contributed by atoms with E-state index in [1.807, 2.05) is 30.3 Å². The minimum absolute atomic E-state index is 0.119. The van der Waals surface area contributed by atoms with Gasteiger partial charge in [-0.15, -0.1) is 11.3 Å². The zero-order valence-electron chi connectivity index (χ0n) is 10.3. The number of hydrogen-bond donors (Lipinski definition) is 1. The monoisotopic (exact) mass is 295 g/mol. The summed E-state index contributed by atoms with van der Waals surface area (Å²) < 4.78 is 12.0. The van der Waals surface area contributed by atoms with E-state index in [0.29, 0.717) is 13.2 Å². The minimum atomic E-state index is -0.119. The van der Waals surface area contributed by atoms with Gasteiger partial charge in [-0.05, 0) is 18.2 Å². The van der Waals surface area contributed by atoms with Crippen molar-refractivity contribution < 1.29 is 9.47 Å². The molecule has 1 unspecified atom stereocenters. The van der Waals surface area contributed by atoms with Gasteiger partial charge in [-0.1, -0.05) is 23.7 Å². The van der Waals surface area contributed by atoms with Crippen LogP contribution in [0.15, 0.2) is 30.3 Å². The SMILES string of the molecule is NC(Cc1ccc(Cl)s1)c1cccc2c1OCCO2.